The van der Waals surface area contributed by atoms with Crippen LogP contribution >= 0.6 is 0 Å². The average Bonchev–Trinajstić information content (AvgIpc) is 2.87. The van der Waals surface area contributed by atoms with E-state index in [4.69, 9.17) is 4.74 Å². The number of halogens is 1. The van der Waals surface area contributed by atoms with Crippen LogP contribution in [0.15, 0.2) is 78.9 Å². The van der Waals surface area contributed by atoms with Crippen molar-refractivity contribution in [2.24, 2.45) is 0 Å². The Morgan fingerprint density at radius 2 is 1.60 bits per heavy atom. The zero-order chi connectivity index (χ0) is 25.2. The zero-order valence-electron chi connectivity index (χ0n) is 20.5. The first-order chi connectivity index (χ1) is 16.9. The molecule has 0 aliphatic carbocycles. The highest BCUT2D eigenvalue weighted by Crippen LogP contribution is 2.17. The number of carbonyl (C=O) groups is 2. The minimum absolute atomic E-state index is 0.0208. The first kappa shape index (κ1) is 25.9. The van der Waals surface area contributed by atoms with Crippen molar-refractivity contribution < 1.29 is 18.7 Å². The van der Waals surface area contributed by atoms with Gasteiger partial charge >= 0.3 is 0 Å². The third kappa shape index (κ3) is 7.95. The van der Waals surface area contributed by atoms with Gasteiger partial charge in [-0.25, -0.2) is 4.39 Å². The molecule has 184 valence electrons. The van der Waals surface area contributed by atoms with Gasteiger partial charge in [-0.2, -0.15) is 0 Å². The molecule has 0 saturated carbocycles. The SMILES string of the molecule is CC[C@H](C)NC(=O)[C@@H](Cc1ccccc1)N(Cc1ccc(C)cc1)C(=O)COc1ccc(F)cc1. The summed E-state index contributed by atoms with van der Waals surface area (Å²) in [4.78, 5) is 28.5. The second kappa shape index (κ2) is 12.7. The summed E-state index contributed by atoms with van der Waals surface area (Å²) in [7, 11) is 0. The van der Waals surface area contributed by atoms with Crippen molar-refractivity contribution >= 4 is 11.8 Å². The van der Waals surface area contributed by atoms with Crippen molar-refractivity contribution in [3.63, 3.8) is 0 Å². The van der Waals surface area contributed by atoms with E-state index in [9.17, 15) is 14.0 Å². The largest absolute Gasteiger partial charge is 0.484 e. The van der Waals surface area contributed by atoms with Crippen molar-refractivity contribution in [3.8, 4) is 5.75 Å². The number of ether oxygens (including phenoxy) is 1. The van der Waals surface area contributed by atoms with Gasteiger partial charge in [-0.05, 0) is 55.7 Å². The maximum Gasteiger partial charge on any atom is 0.261 e. The molecule has 3 rings (SSSR count). The molecule has 6 heteroatoms. The van der Waals surface area contributed by atoms with Crippen LogP contribution < -0.4 is 10.1 Å². The van der Waals surface area contributed by atoms with Crippen molar-refractivity contribution in [3.05, 3.63) is 101 Å². The molecule has 0 aliphatic rings. The minimum Gasteiger partial charge on any atom is -0.484 e. The zero-order valence-corrected chi connectivity index (χ0v) is 20.5. The van der Waals surface area contributed by atoms with E-state index in [1.807, 2.05) is 75.4 Å². The second-order valence-corrected chi connectivity index (χ2v) is 8.77. The fraction of sp³-hybridized carbons (Fsp3) is 0.310. The predicted octanol–water partition coefficient (Wildman–Crippen LogP) is 5.07. The average molecular weight is 477 g/mol. The van der Waals surface area contributed by atoms with Crippen molar-refractivity contribution in [2.45, 2.75) is 52.2 Å². The van der Waals surface area contributed by atoms with Crippen LogP contribution in [0.2, 0.25) is 0 Å². The van der Waals surface area contributed by atoms with E-state index in [1.165, 1.54) is 24.3 Å². The fourth-order valence-electron chi connectivity index (χ4n) is 3.64. The standard InChI is InChI=1S/C29H33FN2O3/c1-4-22(3)31-29(34)27(18-23-8-6-5-7-9-23)32(19-24-12-10-21(2)11-13-24)28(33)20-35-26-16-14-25(30)15-17-26/h5-17,22,27H,4,18-20H2,1-3H3,(H,31,34)/t22-,27+/m0/s1. The molecule has 2 amide bonds. The summed E-state index contributed by atoms with van der Waals surface area (Å²) in [6.07, 6.45) is 1.15. The lowest BCUT2D eigenvalue weighted by atomic mass is 10.0. The van der Waals surface area contributed by atoms with Crippen LogP contribution in [0, 0.1) is 12.7 Å². The summed E-state index contributed by atoms with van der Waals surface area (Å²) in [6, 6.07) is 22.3. The molecule has 0 saturated heterocycles. The quantitative estimate of drug-likeness (QED) is 0.421. The topological polar surface area (TPSA) is 58.6 Å². The highest BCUT2D eigenvalue weighted by atomic mass is 19.1. The van der Waals surface area contributed by atoms with Crippen LogP contribution in [0.25, 0.3) is 0 Å². The van der Waals surface area contributed by atoms with Crippen LogP contribution in [0.1, 0.15) is 37.0 Å². The van der Waals surface area contributed by atoms with E-state index in [2.05, 4.69) is 5.32 Å². The van der Waals surface area contributed by atoms with Gasteiger partial charge in [0.15, 0.2) is 6.61 Å². The molecule has 0 fully saturated rings. The smallest absolute Gasteiger partial charge is 0.261 e. The lowest BCUT2D eigenvalue weighted by Crippen LogP contribution is -2.53. The van der Waals surface area contributed by atoms with Gasteiger partial charge in [-0.1, -0.05) is 67.1 Å². The highest BCUT2D eigenvalue weighted by molar-refractivity contribution is 5.88. The Bertz CT molecular complexity index is 1090. The minimum atomic E-state index is -0.725. The van der Waals surface area contributed by atoms with Gasteiger partial charge in [0.05, 0.1) is 0 Å². The van der Waals surface area contributed by atoms with Crippen LogP contribution in [0.4, 0.5) is 4.39 Å². The van der Waals surface area contributed by atoms with E-state index < -0.39 is 6.04 Å². The summed E-state index contributed by atoms with van der Waals surface area (Å²) < 4.78 is 18.9. The summed E-state index contributed by atoms with van der Waals surface area (Å²) in [5.41, 5.74) is 2.99. The molecule has 1 N–H and O–H groups in total. The van der Waals surface area contributed by atoms with Gasteiger partial charge in [0.25, 0.3) is 5.91 Å². The van der Waals surface area contributed by atoms with E-state index in [1.54, 1.807) is 4.90 Å². The van der Waals surface area contributed by atoms with Crippen molar-refractivity contribution in [1.29, 1.82) is 0 Å². The third-order valence-corrected chi connectivity index (χ3v) is 5.92. The number of benzene rings is 3. The molecule has 0 unspecified atom stereocenters. The Morgan fingerprint density at radius 1 is 0.943 bits per heavy atom. The number of carbonyl (C=O) groups excluding carboxylic acids is 2. The van der Waals surface area contributed by atoms with Gasteiger partial charge in [-0.15, -0.1) is 0 Å². The van der Waals surface area contributed by atoms with Crippen molar-refractivity contribution in [2.75, 3.05) is 6.61 Å². The maximum absolute atomic E-state index is 13.5. The normalized spacial score (nSPS) is 12.5. The number of amides is 2. The summed E-state index contributed by atoms with van der Waals surface area (Å²) in [5.74, 6) is -0.520. The first-order valence-electron chi connectivity index (χ1n) is 11.9. The van der Waals surface area contributed by atoms with Crippen LogP contribution in [-0.2, 0) is 22.6 Å². The molecule has 0 spiro atoms. The molecule has 2 atom stereocenters. The van der Waals surface area contributed by atoms with Crippen LogP contribution in [0.5, 0.6) is 5.75 Å². The fourth-order valence-corrected chi connectivity index (χ4v) is 3.64. The Hall–Kier alpha value is -3.67. The molecule has 0 heterocycles. The van der Waals surface area contributed by atoms with Gasteiger partial charge in [-0.3, -0.25) is 9.59 Å². The molecule has 3 aromatic rings. The van der Waals surface area contributed by atoms with Crippen LogP contribution in [0.3, 0.4) is 0 Å². The molecule has 3 aromatic carbocycles. The second-order valence-electron chi connectivity index (χ2n) is 8.77. The number of hydrogen-bond donors (Lipinski definition) is 1. The van der Waals surface area contributed by atoms with E-state index >= 15 is 0 Å². The molecule has 0 radical (unpaired) electrons. The van der Waals surface area contributed by atoms with E-state index in [0.29, 0.717) is 12.2 Å². The summed E-state index contributed by atoms with van der Waals surface area (Å²) in [6.45, 7) is 5.95. The number of nitrogens with zero attached hydrogens (tertiary/aromatic N) is 1. The van der Waals surface area contributed by atoms with Gasteiger partial charge in [0.2, 0.25) is 5.91 Å². The van der Waals surface area contributed by atoms with Crippen molar-refractivity contribution in [1.82, 2.24) is 10.2 Å². The number of nitrogens with one attached hydrogen (secondary N) is 1. The number of aryl methyl sites for hydroxylation is 1. The van der Waals surface area contributed by atoms with E-state index in [-0.39, 0.29) is 36.8 Å². The van der Waals surface area contributed by atoms with Gasteiger partial charge < -0.3 is 15.0 Å². The Morgan fingerprint density at radius 3 is 2.23 bits per heavy atom. The monoisotopic (exact) mass is 476 g/mol. The lowest BCUT2D eigenvalue weighted by molar-refractivity contribution is -0.143. The highest BCUT2D eigenvalue weighted by Gasteiger charge is 2.31. The number of rotatable bonds is 11. The number of hydrogen-bond acceptors (Lipinski definition) is 3. The molecular formula is C29H33FN2O3. The Kier molecular flexibility index (Phi) is 9.41. The third-order valence-electron chi connectivity index (χ3n) is 5.92. The first-order valence-corrected chi connectivity index (χ1v) is 11.9. The molecule has 0 aliphatic heterocycles. The van der Waals surface area contributed by atoms with E-state index in [0.717, 1.165) is 23.1 Å². The Labute approximate surface area is 206 Å². The van der Waals surface area contributed by atoms with Gasteiger partial charge in [0.1, 0.15) is 17.6 Å². The molecule has 0 bridgehead atoms. The molecule has 35 heavy (non-hydrogen) atoms. The Balaban J connectivity index is 1.89. The lowest BCUT2D eigenvalue weighted by Gasteiger charge is -2.32. The maximum atomic E-state index is 13.5. The summed E-state index contributed by atoms with van der Waals surface area (Å²) >= 11 is 0. The molecular weight excluding hydrogens is 443 g/mol. The molecule has 0 aromatic heterocycles. The predicted molar refractivity (Wildman–Crippen MR) is 135 cm³/mol. The molecule has 5 nitrogen and oxygen atoms in total. The summed E-state index contributed by atoms with van der Waals surface area (Å²) in [5, 5.41) is 3.04. The van der Waals surface area contributed by atoms with Gasteiger partial charge in [0, 0.05) is 19.0 Å². The van der Waals surface area contributed by atoms with Crippen LogP contribution in [-0.4, -0.2) is 35.4 Å².